The first-order chi connectivity index (χ1) is 26.1. The number of nitrogens with zero attached hydrogens (tertiary/aromatic N) is 4. The summed E-state index contributed by atoms with van der Waals surface area (Å²) in [5.41, 5.74) is 8.85. The second-order valence-corrected chi connectivity index (χ2v) is 14.4. The first kappa shape index (κ1) is 39.6. The molecule has 0 aliphatic heterocycles. The number of nitrogens with two attached hydrogens (primary N) is 1. The van der Waals surface area contributed by atoms with Gasteiger partial charge in [0.15, 0.2) is 11.5 Å². The van der Waals surface area contributed by atoms with Crippen LogP contribution in [-0.2, 0) is 53.9 Å². The van der Waals surface area contributed by atoms with Gasteiger partial charge in [0, 0.05) is 13.5 Å². The highest BCUT2D eigenvalue weighted by Gasteiger charge is 2.33. The number of anilines is 1. The number of nitrogens with one attached hydrogen (secondary N) is 2. The summed E-state index contributed by atoms with van der Waals surface area (Å²) in [6.45, 7) is 4.09. The summed E-state index contributed by atoms with van der Waals surface area (Å²) in [7, 11) is -2.51. The lowest BCUT2D eigenvalue weighted by Gasteiger charge is -2.24. The molecule has 16 heteroatoms. The number of methoxy groups -OCH3 is 1. The number of fused-ring (bicyclic) bond motifs is 1. The van der Waals surface area contributed by atoms with Crippen molar-refractivity contribution in [2.24, 2.45) is 4.76 Å². The molecule has 15 nitrogen and oxygen atoms in total. The van der Waals surface area contributed by atoms with Crippen molar-refractivity contribution in [2.75, 3.05) is 39.3 Å². The number of esters is 2. The van der Waals surface area contributed by atoms with E-state index in [1.807, 2.05) is 60.7 Å². The monoisotopic (exact) mass is 757 g/mol. The number of hydrogen-bond acceptors (Lipinski definition) is 11. The van der Waals surface area contributed by atoms with Gasteiger partial charge < -0.3 is 29.7 Å². The van der Waals surface area contributed by atoms with E-state index in [-0.39, 0.29) is 74.1 Å². The van der Waals surface area contributed by atoms with Crippen LogP contribution in [-0.4, -0.2) is 76.7 Å². The van der Waals surface area contributed by atoms with Crippen molar-refractivity contribution in [1.29, 1.82) is 0 Å². The summed E-state index contributed by atoms with van der Waals surface area (Å²) in [6, 6.07) is 24.4. The number of nitrogen functional groups attached to an aromatic ring is 1. The molecule has 0 saturated carbocycles. The van der Waals surface area contributed by atoms with Gasteiger partial charge >= 0.3 is 23.6 Å². The lowest BCUT2D eigenvalue weighted by atomic mass is 10.1. The molecule has 0 spiro atoms. The number of benzene rings is 3. The molecule has 284 valence electrons. The van der Waals surface area contributed by atoms with Crippen molar-refractivity contribution < 1.29 is 33.1 Å². The summed E-state index contributed by atoms with van der Waals surface area (Å²) in [5, 5.41) is 3.03. The fourth-order valence-corrected chi connectivity index (χ4v) is 7.83. The van der Waals surface area contributed by atoms with Crippen LogP contribution in [0.3, 0.4) is 0 Å². The Balaban J connectivity index is 1.53. The van der Waals surface area contributed by atoms with Gasteiger partial charge in [-0.2, -0.15) is 9.97 Å². The smallest absolute Gasteiger partial charge is 0.353 e. The highest BCUT2D eigenvalue weighted by molar-refractivity contribution is 7.60. The largest absolute Gasteiger partial charge is 0.465 e. The van der Waals surface area contributed by atoms with E-state index < -0.39 is 31.1 Å². The van der Waals surface area contributed by atoms with Crippen LogP contribution in [0, 0.1) is 0 Å². The Bertz CT molecular complexity index is 2170. The molecule has 54 heavy (non-hydrogen) atoms. The molecule has 4 N–H and O–H groups in total. The molecule has 2 heterocycles. The summed E-state index contributed by atoms with van der Waals surface area (Å²) < 4.78 is 42.5. The molecular weight excluding hydrogens is 713 g/mol. The third-order valence-electron chi connectivity index (χ3n) is 8.10. The molecule has 2 unspecified atom stereocenters. The lowest BCUT2D eigenvalue weighted by Crippen LogP contribution is -2.38. The van der Waals surface area contributed by atoms with Crippen LogP contribution in [0.4, 0.5) is 5.82 Å². The Morgan fingerprint density at radius 3 is 2.26 bits per heavy atom. The van der Waals surface area contributed by atoms with E-state index in [4.69, 9.17) is 24.7 Å². The molecule has 2 atom stereocenters. The summed E-state index contributed by atoms with van der Waals surface area (Å²) in [6.07, 6.45) is -0.00329. The number of imidazole rings is 1. The molecule has 0 saturated heterocycles. The maximum atomic E-state index is 15.2. The number of H-pyrrole nitrogens is 1. The van der Waals surface area contributed by atoms with Gasteiger partial charge in [-0.25, -0.2) is 19.4 Å². The van der Waals surface area contributed by atoms with Crippen LogP contribution in [0.15, 0.2) is 94.5 Å². The number of aromatic amines is 1. The zero-order valence-corrected chi connectivity index (χ0v) is 31.3. The van der Waals surface area contributed by atoms with Gasteiger partial charge in [-0.3, -0.25) is 13.9 Å². The molecular formula is C38H44N7O8P. The predicted octanol–water partition coefficient (Wildman–Crippen LogP) is 4.48. The van der Waals surface area contributed by atoms with Crippen molar-refractivity contribution in [3.8, 4) is 6.01 Å². The Kier molecular flexibility index (Phi) is 13.9. The quantitative estimate of drug-likeness (QED) is 0.0462. The van der Waals surface area contributed by atoms with E-state index in [1.54, 1.807) is 38.1 Å². The highest BCUT2D eigenvalue weighted by atomic mass is 31.2. The van der Waals surface area contributed by atoms with E-state index in [2.05, 4.69) is 24.8 Å². The fraction of sp³-hybridized carbons (Fsp3) is 0.316. The summed E-state index contributed by atoms with van der Waals surface area (Å²) >= 11 is 0. The molecule has 0 aliphatic carbocycles. The van der Waals surface area contributed by atoms with Crippen LogP contribution >= 0.6 is 7.44 Å². The van der Waals surface area contributed by atoms with Crippen LogP contribution in [0.25, 0.3) is 11.2 Å². The Labute approximate surface area is 312 Å². The van der Waals surface area contributed by atoms with Gasteiger partial charge in [-0.1, -0.05) is 84.9 Å². The van der Waals surface area contributed by atoms with Gasteiger partial charge in [0.2, 0.25) is 0 Å². The van der Waals surface area contributed by atoms with Crippen molar-refractivity contribution in [3.05, 3.63) is 118 Å². The van der Waals surface area contributed by atoms with Gasteiger partial charge in [0.25, 0.3) is 7.44 Å². The maximum absolute atomic E-state index is 15.2. The number of carbonyl (C=O) groups excluding carboxylic acids is 2. The third-order valence-corrected chi connectivity index (χ3v) is 10.2. The zero-order chi connectivity index (χ0) is 38.5. The Hall–Kier alpha value is -5.63. The molecule has 0 radical (unpaired) electrons. The van der Waals surface area contributed by atoms with Crippen molar-refractivity contribution in [3.63, 3.8) is 0 Å². The second-order valence-electron chi connectivity index (χ2n) is 12.2. The SMILES string of the molecule is CCOC(=O)/C(Cc1ccccc1)=N/P(=O)(Cc1cccc(Cn2c(=O)[nH]c3c(N)nc(OCCOC)nc32)c1)NC(Cc1ccccc1)C(=O)OCC. The van der Waals surface area contributed by atoms with Gasteiger partial charge in [0.1, 0.15) is 23.9 Å². The molecule has 0 bridgehead atoms. The molecule has 5 rings (SSSR count). The first-order valence-corrected chi connectivity index (χ1v) is 19.3. The Morgan fingerprint density at radius 2 is 1.57 bits per heavy atom. The normalized spacial score (nSPS) is 13.3. The summed E-state index contributed by atoms with van der Waals surface area (Å²) in [4.78, 5) is 51.0. The van der Waals surface area contributed by atoms with Gasteiger partial charge in [0.05, 0.1) is 32.5 Å². The number of carbonyl (C=O) groups is 2. The average molecular weight is 758 g/mol. The summed E-state index contributed by atoms with van der Waals surface area (Å²) in [5.74, 6) is -1.29. The minimum atomic E-state index is -4.05. The first-order valence-electron chi connectivity index (χ1n) is 17.4. The number of hydrogen-bond donors (Lipinski definition) is 3. The molecule has 5 aromatic rings. The fourth-order valence-electron chi connectivity index (χ4n) is 5.69. The minimum Gasteiger partial charge on any atom is -0.465 e. The second kappa shape index (κ2) is 18.9. The molecule has 0 aliphatic rings. The lowest BCUT2D eigenvalue weighted by molar-refractivity contribution is -0.145. The Morgan fingerprint density at radius 1 is 0.907 bits per heavy atom. The van der Waals surface area contributed by atoms with E-state index in [0.717, 1.165) is 11.1 Å². The van der Waals surface area contributed by atoms with Crippen LogP contribution < -0.4 is 21.2 Å². The average Bonchev–Trinajstić information content (AvgIpc) is 3.47. The van der Waals surface area contributed by atoms with E-state index in [0.29, 0.717) is 17.7 Å². The van der Waals surface area contributed by atoms with Crippen LogP contribution in [0.1, 0.15) is 36.1 Å². The minimum absolute atomic E-state index is 0.0111. The number of ether oxygens (including phenoxy) is 4. The van der Waals surface area contributed by atoms with Gasteiger partial charge in [-0.05, 0) is 42.5 Å². The number of aromatic nitrogens is 4. The zero-order valence-electron chi connectivity index (χ0n) is 30.4. The molecule has 0 amide bonds. The van der Waals surface area contributed by atoms with E-state index in [1.165, 1.54) is 11.7 Å². The molecule has 3 aromatic carbocycles. The van der Waals surface area contributed by atoms with Crippen LogP contribution in [0.5, 0.6) is 6.01 Å². The highest BCUT2D eigenvalue weighted by Crippen LogP contribution is 2.48. The van der Waals surface area contributed by atoms with Crippen LogP contribution in [0.2, 0.25) is 0 Å². The molecule has 2 aromatic heterocycles. The molecule has 0 fully saturated rings. The number of rotatable bonds is 19. The van der Waals surface area contributed by atoms with Crippen molar-refractivity contribution >= 4 is 42.1 Å². The van der Waals surface area contributed by atoms with E-state index in [9.17, 15) is 14.4 Å². The third kappa shape index (κ3) is 10.7. The topological polar surface area (TPSA) is 202 Å². The van der Waals surface area contributed by atoms with E-state index >= 15 is 4.57 Å². The maximum Gasteiger partial charge on any atom is 0.353 e. The standard InChI is InChI=1S/C38H44N7O8P/c1-4-51-35(46)30(22-26-13-8-6-9-14-26)43-54(49,44-31(36(47)52-5-2)23-27-15-10-7-11-16-27)25-29-18-12-17-28(21-29)24-45-34-32(40-38(45)48)33(39)41-37(42-34)53-20-19-50-3/h6-18,21,30H,4-5,19-20,22-25H2,1-3H3,(H,40,48)(H,43,49)(H2,39,41,42)/b44-31+. The van der Waals surface area contributed by atoms with Crippen molar-refractivity contribution in [2.45, 2.75) is 45.4 Å². The predicted molar refractivity (Wildman–Crippen MR) is 205 cm³/mol. The van der Waals surface area contributed by atoms with Crippen molar-refractivity contribution in [1.82, 2.24) is 24.6 Å². The van der Waals surface area contributed by atoms with Gasteiger partial charge in [-0.15, -0.1) is 0 Å².